The molecule has 0 spiro atoms. The fourth-order valence-corrected chi connectivity index (χ4v) is 3.76. The Morgan fingerprint density at radius 2 is 1.67 bits per heavy atom. The lowest BCUT2D eigenvalue weighted by atomic mass is 10.1. The third-order valence-corrected chi connectivity index (χ3v) is 5.90. The highest BCUT2D eigenvalue weighted by Crippen LogP contribution is 2.31. The molecule has 0 radical (unpaired) electrons. The average Bonchev–Trinajstić information content (AvgIpc) is 3.50. The Morgan fingerprint density at radius 1 is 1.00 bits per heavy atom. The van der Waals surface area contributed by atoms with Gasteiger partial charge in [-0.05, 0) is 76.0 Å². The number of hydrogen-bond acceptors (Lipinski definition) is 7. The summed E-state index contributed by atoms with van der Waals surface area (Å²) in [7, 11) is 1.00. The Bertz CT molecular complexity index is 827. The summed E-state index contributed by atoms with van der Waals surface area (Å²) < 4.78 is 47.4. The summed E-state index contributed by atoms with van der Waals surface area (Å²) in [5, 5.41) is 15.9. The number of carbonyl (C=O) groups is 1. The predicted octanol–water partition coefficient (Wildman–Crippen LogP) is 8.51. The normalized spacial score (nSPS) is 12.8. The number of carbonyl (C=O) groups excluding carboxylic acids is 1. The minimum absolute atomic E-state index is 0.140. The second-order valence-corrected chi connectivity index (χ2v) is 9.28. The maximum atomic E-state index is 12.5. The molecule has 0 unspecified atom stereocenters. The summed E-state index contributed by atoms with van der Waals surface area (Å²) in [6.45, 7) is 5.65. The van der Waals surface area contributed by atoms with Gasteiger partial charge in [0.15, 0.2) is 0 Å². The number of rotatable bonds is 17. The summed E-state index contributed by atoms with van der Waals surface area (Å²) >= 11 is 0. The number of ether oxygens (including phenoxy) is 2. The lowest BCUT2D eigenvalue weighted by molar-refractivity contribution is -0.757. The summed E-state index contributed by atoms with van der Waals surface area (Å²) in [5.74, 6) is 0.956. The molecule has 242 valence electrons. The molecule has 2 rings (SSSR count). The number of nitrogens with zero attached hydrogens (tertiary/aromatic N) is 1. The van der Waals surface area contributed by atoms with Crippen molar-refractivity contribution in [2.45, 2.75) is 97.1 Å². The van der Waals surface area contributed by atoms with E-state index in [4.69, 9.17) is 9.84 Å². The van der Waals surface area contributed by atoms with Gasteiger partial charge in [-0.2, -0.15) is 13.2 Å². The smallest absolute Gasteiger partial charge is 0.416 e. The lowest BCUT2D eigenvalue weighted by Crippen LogP contribution is -2.05. The molecule has 8 nitrogen and oxygen atoms in total. The van der Waals surface area contributed by atoms with E-state index in [1.807, 2.05) is 0 Å². The maximum absolute atomic E-state index is 12.5. The molecule has 1 fully saturated rings. The molecule has 1 aromatic carbocycles. The van der Waals surface area contributed by atoms with Crippen molar-refractivity contribution < 1.29 is 42.5 Å². The molecule has 1 aliphatic rings. The van der Waals surface area contributed by atoms with E-state index >= 15 is 0 Å². The Morgan fingerprint density at radius 3 is 2.24 bits per heavy atom. The maximum Gasteiger partial charge on any atom is 0.416 e. The molecule has 42 heavy (non-hydrogen) atoms. The zero-order valence-corrected chi connectivity index (χ0v) is 25.4. The van der Waals surface area contributed by atoms with Crippen molar-refractivity contribution in [3.8, 4) is 5.75 Å². The van der Waals surface area contributed by atoms with Crippen LogP contribution in [0, 0.1) is 16.0 Å². The fraction of sp³-hybridized carbons (Fsp3) is 0.645. The standard InChI is InChI=1S/C16H19F3O.C7H13NO5.C7H14.CH4O/c17-16(18,19)14-9-5-10-15(12-14)20-11-4-3-8-13-6-1-2-7-13;9-7-12-5-3-1-2-4-6-13-8(10)11;1-3-5-7-6-4-2;1-2/h3,5,8-10,12-13H,1-2,4,6-7,11H2;7H,1-6H2;3,5H,4,6-7H2,1-2H3;2H,1H3/b8-3+;;5-3-;. The van der Waals surface area contributed by atoms with Gasteiger partial charge in [0.1, 0.15) is 5.75 Å². The quantitative estimate of drug-likeness (QED) is 0.0623. The molecular weight excluding hydrogens is 555 g/mol. The van der Waals surface area contributed by atoms with Gasteiger partial charge in [-0.15, -0.1) is 10.1 Å². The first kappa shape index (κ1) is 41.1. The highest BCUT2D eigenvalue weighted by molar-refractivity contribution is 5.36. The first-order chi connectivity index (χ1) is 20.2. The minimum atomic E-state index is -4.32. The van der Waals surface area contributed by atoms with Crippen LogP contribution in [0.5, 0.6) is 5.75 Å². The molecule has 0 aliphatic heterocycles. The van der Waals surface area contributed by atoms with Gasteiger partial charge in [0.2, 0.25) is 0 Å². The van der Waals surface area contributed by atoms with E-state index < -0.39 is 16.8 Å². The Hall–Kier alpha value is -3.08. The Balaban J connectivity index is 0. The van der Waals surface area contributed by atoms with Crippen LogP contribution in [0.25, 0.3) is 0 Å². The number of alkyl halides is 3. The topological polar surface area (TPSA) is 108 Å². The van der Waals surface area contributed by atoms with Crippen LogP contribution < -0.4 is 4.74 Å². The molecule has 1 aliphatic carbocycles. The van der Waals surface area contributed by atoms with Gasteiger partial charge in [-0.1, -0.05) is 69.4 Å². The highest BCUT2D eigenvalue weighted by Gasteiger charge is 2.30. The number of halogens is 3. The van der Waals surface area contributed by atoms with Crippen molar-refractivity contribution >= 4 is 6.47 Å². The first-order valence-electron chi connectivity index (χ1n) is 14.6. The van der Waals surface area contributed by atoms with Crippen LogP contribution in [0.3, 0.4) is 0 Å². The zero-order valence-electron chi connectivity index (χ0n) is 25.4. The van der Waals surface area contributed by atoms with Crippen LogP contribution in [0.15, 0.2) is 48.6 Å². The molecule has 1 aromatic rings. The van der Waals surface area contributed by atoms with Crippen LogP contribution in [-0.4, -0.2) is 43.6 Å². The molecule has 1 saturated carbocycles. The van der Waals surface area contributed by atoms with Crippen molar-refractivity contribution in [2.24, 2.45) is 5.92 Å². The number of unbranched alkanes of at least 4 members (excludes halogenated alkanes) is 5. The largest absolute Gasteiger partial charge is 0.493 e. The van der Waals surface area contributed by atoms with Crippen LogP contribution in [0.1, 0.15) is 96.5 Å². The molecule has 11 heteroatoms. The third-order valence-electron chi connectivity index (χ3n) is 5.90. The van der Waals surface area contributed by atoms with E-state index in [2.05, 4.69) is 47.7 Å². The molecule has 0 heterocycles. The summed E-state index contributed by atoms with van der Waals surface area (Å²) in [6, 6.07) is 5.01. The number of aliphatic hydroxyl groups is 1. The molecule has 0 aromatic heterocycles. The van der Waals surface area contributed by atoms with Gasteiger partial charge in [-0.3, -0.25) is 4.79 Å². The number of allylic oxidation sites excluding steroid dienone is 3. The van der Waals surface area contributed by atoms with Gasteiger partial charge in [-0.25, -0.2) is 0 Å². The van der Waals surface area contributed by atoms with Crippen molar-refractivity contribution in [3.05, 3.63) is 64.2 Å². The van der Waals surface area contributed by atoms with Gasteiger partial charge < -0.3 is 19.4 Å². The van der Waals surface area contributed by atoms with E-state index in [0.717, 1.165) is 44.9 Å². The number of hydrogen-bond donors (Lipinski definition) is 1. The molecule has 0 bridgehead atoms. The second kappa shape index (κ2) is 29.4. The van der Waals surface area contributed by atoms with Crippen LogP contribution in [0.4, 0.5) is 13.2 Å². The fourth-order valence-electron chi connectivity index (χ4n) is 3.76. The third kappa shape index (κ3) is 27.1. The van der Waals surface area contributed by atoms with E-state index in [1.165, 1.54) is 51.0 Å². The second-order valence-electron chi connectivity index (χ2n) is 9.28. The zero-order chi connectivity index (χ0) is 31.9. The van der Waals surface area contributed by atoms with E-state index in [0.29, 0.717) is 32.0 Å². The SMILES string of the molecule is C/C=C\CCCC.CO.FC(F)(F)c1cccc(OCC/C=C/C2CCCC2)c1.O=COCCCCCCO[N+](=O)[O-]. The molecule has 0 atom stereocenters. The van der Waals surface area contributed by atoms with E-state index in [-0.39, 0.29) is 12.4 Å². The van der Waals surface area contributed by atoms with Crippen molar-refractivity contribution in [1.29, 1.82) is 0 Å². The highest BCUT2D eigenvalue weighted by atomic mass is 19.4. The van der Waals surface area contributed by atoms with E-state index in [1.54, 1.807) is 6.07 Å². The summed E-state index contributed by atoms with van der Waals surface area (Å²) in [5.41, 5.74) is -0.670. The first-order valence-corrected chi connectivity index (χ1v) is 14.6. The summed E-state index contributed by atoms with van der Waals surface area (Å²) in [6.07, 6.45) is 17.2. The summed E-state index contributed by atoms with van der Waals surface area (Å²) in [4.78, 5) is 23.5. The predicted molar refractivity (Wildman–Crippen MR) is 159 cm³/mol. The monoisotopic (exact) mass is 605 g/mol. The average molecular weight is 606 g/mol. The van der Waals surface area contributed by atoms with Crippen LogP contribution in [-0.2, 0) is 20.5 Å². The number of benzene rings is 1. The van der Waals surface area contributed by atoms with Crippen LogP contribution in [0.2, 0.25) is 0 Å². The molecule has 0 saturated heterocycles. The Kier molecular flexibility index (Phi) is 28.8. The minimum Gasteiger partial charge on any atom is -0.493 e. The van der Waals surface area contributed by atoms with Crippen molar-refractivity contribution in [2.75, 3.05) is 26.9 Å². The van der Waals surface area contributed by atoms with Crippen molar-refractivity contribution in [3.63, 3.8) is 0 Å². The molecule has 1 N–H and O–H groups in total. The van der Waals surface area contributed by atoms with Gasteiger partial charge in [0.05, 0.1) is 25.4 Å². The Labute approximate surface area is 249 Å². The molecule has 0 amide bonds. The van der Waals surface area contributed by atoms with Gasteiger partial charge in [0.25, 0.3) is 11.6 Å². The van der Waals surface area contributed by atoms with Crippen LogP contribution >= 0.6 is 0 Å². The number of aliphatic hydroxyl groups excluding tert-OH is 1. The van der Waals surface area contributed by atoms with Crippen molar-refractivity contribution in [1.82, 2.24) is 0 Å². The lowest BCUT2D eigenvalue weighted by Gasteiger charge is -2.09. The van der Waals surface area contributed by atoms with Gasteiger partial charge in [0, 0.05) is 7.11 Å². The molecular formula is C31H50F3NO7. The van der Waals surface area contributed by atoms with E-state index in [9.17, 15) is 28.1 Å². The van der Waals surface area contributed by atoms with Gasteiger partial charge >= 0.3 is 6.18 Å².